The van der Waals surface area contributed by atoms with Gasteiger partial charge in [-0.25, -0.2) is 0 Å². The number of hydrogen-bond acceptors (Lipinski definition) is 4. The number of rotatable bonds is 5. The van der Waals surface area contributed by atoms with Crippen molar-refractivity contribution in [1.82, 2.24) is 5.32 Å². The van der Waals surface area contributed by atoms with Crippen LogP contribution in [-0.2, 0) is 4.79 Å². The summed E-state index contributed by atoms with van der Waals surface area (Å²) in [5, 5.41) is 13.5. The number of benzene rings is 1. The van der Waals surface area contributed by atoms with Crippen molar-refractivity contribution in [3.8, 4) is 6.07 Å². The SMILES string of the molecule is N#C/C(=C/c1cc(Br)c(Sc2ccc(Cl)cc2)o1)C(=O)NC1CCCC1. The Morgan fingerprint density at radius 3 is 2.69 bits per heavy atom. The summed E-state index contributed by atoms with van der Waals surface area (Å²) < 4.78 is 6.54. The predicted molar refractivity (Wildman–Crippen MR) is 106 cm³/mol. The van der Waals surface area contributed by atoms with Gasteiger partial charge in [-0.15, -0.1) is 0 Å². The van der Waals surface area contributed by atoms with Gasteiger partial charge in [0.25, 0.3) is 5.91 Å². The number of nitrogens with zero attached hydrogens (tertiary/aromatic N) is 1. The second-order valence-electron chi connectivity index (χ2n) is 5.96. The number of halogens is 2. The number of amides is 1. The van der Waals surface area contributed by atoms with Crippen LogP contribution < -0.4 is 5.32 Å². The first-order valence-corrected chi connectivity index (χ1v) is 10.2. The Hall–Kier alpha value is -1.68. The van der Waals surface area contributed by atoms with Gasteiger partial charge in [-0.05, 0) is 59.1 Å². The molecule has 4 nitrogen and oxygen atoms in total. The molecule has 1 saturated carbocycles. The zero-order valence-electron chi connectivity index (χ0n) is 13.8. The zero-order valence-corrected chi connectivity index (χ0v) is 17.0. The third-order valence-corrected chi connectivity index (χ3v) is 6.14. The van der Waals surface area contributed by atoms with Gasteiger partial charge in [0.05, 0.1) is 4.47 Å². The van der Waals surface area contributed by atoms with Crippen LogP contribution in [0.2, 0.25) is 5.02 Å². The van der Waals surface area contributed by atoms with Crippen LogP contribution in [0, 0.1) is 11.3 Å². The van der Waals surface area contributed by atoms with Gasteiger partial charge in [-0.2, -0.15) is 5.26 Å². The molecule has 0 radical (unpaired) electrons. The first kappa shape index (κ1) is 19.1. The summed E-state index contributed by atoms with van der Waals surface area (Å²) in [5.41, 5.74) is 0.0428. The quantitative estimate of drug-likeness (QED) is 0.460. The summed E-state index contributed by atoms with van der Waals surface area (Å²) in [7, 11) is 0. The maximum absolute atomic E-state index is 12.3. The highest BCUT2D eigenvalue weighted by Crippen LogP contribution is 2.36. The molecule has 7 heteroatoms. The lowest BCUT2D eigenvalue weighted by Crippen LogP contribution is -2.33. The molecule has 0 unspecified atom stereocenters. The maximum atomic E-state index is 12.3. The largest absolute Gasteiger partial charge is 0.449 e. The molecule has 1 aliphatic rings. The molecule has 0 spiro atoms. The van der Waals surface area contributed by atoms with Crippen LogP contribution in [0.25, 0.3) is 6.08 Å². The van der Waals surface area contributed by atoms with Crippen molar-refractivity contribution in [3.05, 3.63) is 51.2 Å². The van der Waals surface area contributed by atoms with Crippen LogP contribution in [0.1, 0.15) is 31.4 Å². The van der Waals surface area contributed by atoms with E-state index in [2.05, 4.69) is 21.2 Å². The third kappa shape index (κ3) is 4.94. The predicted octanol–water partition coefficient (Wildman–Crippen LogP) is 5.81. The van der Waals surface area contributed by atoms with Crippen LogP contribution in [0.5, 0.6) is 0 Å². The second-order valence-corrected chi connectivity index (χ2v) is 8.30. The molecule has 26 heavy (non-hydrogen) atoms. The highest BCUT2D eigenvalue weighted by atomic mass is 79.9. The molecule has 134 valence electrons. The monoisotopic (exact) mass is 450 g/mol. The van der Waals surface area contributed by atoms with Crippen LogP contribution in [0.3, 0.4) is 0 Å². The van der Waals surface area contributed by atoms with E-state index in [4.69, 9.17) is 16.0 Å². The standard InChI is InChI=1S/C19H16BrClN2O2S/c20-17-10-15(25-19(17)26-16-7-5-13(21)6-8-16)9-12(11-22)18(24)23-14-3-1-2-4-14/h5-10,14H,1-4H2,(H,23,24)/b12-9-. The Bertz CT molecular complexity index is 865. The Balaban J connectivity index is 1.73. The van der Waals surface area contributed by atoms with E-state index >= 15 is 0 Å². The molecule has 1 heterocycles. The van der Waals surface area contributed by atoms with Crippen molar-refractivity contribution in [2.24, 2.45) is 0 Å². The Morgan fingerprint density at radius 2 is 2.04 bits per heavy atom. The van der Waals surface area contributed by atoms with E-state index in [1.165, 1.54) is 17.8 Å². The van der Waals surface area contributed by atoms with Gasteiger partial charge >= 0.3 is 0 Å². The summed E-state index contributed by atoms with van der Waals surface area (Å²) in [6.45, 7) is 0. The summed E-state index contributed by atoms with van der Waals surface area (Å²) in [4.78, 5) is 13.2. The lowest BCUT2D eigenvalue weighted by atomic mass is 10.2. The fraction of sp³-hybridized carbons (Fsp3) is 0.263. The molecule has 1 aliphatic carbocycles. The molecule has 0 aliphatic heterocycles. The number of hydrogen-bond donors (Lipinski definition) is 1. The van der Waals surface area contributed by atoms with Crippen LogP contribution in [0.4, 0.5) is 0 Å². The van der Waals surface area contributed by atoms with E-state index in [1.807, 2.05) is 30.3 Å². The highest BCUT2D eigenvalue weighted by Gasteiger charge is 2.20. The zero-order chi connectivity index (χ0) is 18.5. The molecule has 1 aromatic heterocycles. The summed E-state index contributed by atoms with van der Waals surface area (Å²) in [5.74, 6) is 0.102. The number of nitriles is 1. The molecule has 1 N–H and O–H groups in total. The molecule has 2 aromatic rings. The summed E-state index contributed by atoms with van der Waals surface area (Å²) in [6, 6.07) is 11.3. The van der Waals surface area contributed by atoms with Gasteiger partial charge < -0.3 is 9.73 Å². The minimum absolute atomic E-state index is 0.0428. The lowest BCUT2D eigenvalue weighted by Gasteiger charge is -2.10. The van der Waals surface area contributed by atoms with Gasteiger partial charge in [-0.3, -0.25) is 4.79 Å². The van der Waals surface area contributed by atoms with E-state index in [1.54, 1.807) is 6.07 Å². The van der Waals surface area contributed by atoms with Crippen molar-refractivity contribution in [1.29, 1.82) is 5.26 Å². The number of carbonyl (C=O) groups is 1. The Morgan fingerprint density at radius 1 is 1.35 bits per heavy atom. The van der Waals surface area contributed by atoms with E-state index in [-0.39, 0.29) is 17.5 Å². The molecule has 1 amide bonds. The Labute approximate surface area is 169 Å². The first-order chi connectivity index (χ1) is 12.5. The molecule has 0 atom stereocenters. The van der Waals surface area contributed by atoms with Gasteiger partial charge in [-0.1, -0.05) is 36.2 Å². The molecule has 1 fully saturated rings. The smallest absolute Gasteiger partial charge is 0.262 e. The van der Waals surface area contributed by atoms with Crippen molar-refractivity contribution in [2.45, 2.75) is 41.7 Å². The van der Waals surface area contributed by atoms with Gasteiger partial charge in [0.2, 0.25) is 0 Å². The fourth-order valence-electron chi connectivity index (χ4n) is 2.74. The van der Waals surface area contributed by atoms with Crippen molar-refractivity contribution < 1.29 is 9.21 Å². The normalized spacial score (nSPS) is 15.0. The molecule has 0 bridgehead atoms. The van der Waals surface area contributed by atoms with E-state index < -0.39 is 0 Å². The number of carbonyl (C=O) groups excluding carboxylic acids is 1. The van der Waals surface area contributed by atoms with Gasteiger partial charge in [0.1, 0.15) is 17.4 Å². The van der Waals surface area contributed by atoms with E-state index in [0.717, 1.165) is 35.1 Å². The van der Waals surface area contributed by atoms with Gasteiger partial charge in [0, 0.05) is 22.0 Å². The van der Waals surface area contributed by atoms with Crippen LogP contribution in [-0.4, -0.2) is 11.9 Å². The minimum atomic E-state index is -0.348. The molecule has 0 saturated heterocycles. The average molecular weight is 452 g/mol. The second kappa shape index (κ2) is 8.81. The van der Waals surface area contributed by atoms with Crippen LogP contribution >= 0.6 is 39.3 Å². The van der Waals surface area contributed by atoms with Crippen molar-refractivity contribution in [2.75, 3.05) is 0 Å². The van der Waals surface area contributed by atoms with Gasteiger partial charge in [0.15, 0.2) is 5.09 Å². The number of furan rings is 1. The molecular weight excluding hydrogens is 436 g/mol. The Kier molecular flexibility index (Phi) is 6.47. The minimum Gasteiger partial charge on any atom is -0.449 e. The third-order valence-electron chi connectivity index (χ3n) is 4.04. The molecule has 3 rings (SSSR count). The highest BCUT2D eigenvalue weighted by molar-refractivity contribution is 9.10. The van der Waals surface area contributed by atoms with Crippen LogP contribution in [0.15, 0.2) is 54.8 Å². The molecule has 1 aromatic carbocycles. The summed E-state index contributed by atoms with van der Waals surface area (Å²) >= 11 is 10.8. The maximum Gasteiger partial charge on any atom is 0.262 e. The van der Waals surface area contributed by atoms with Crippen molar-refractivity contribution >= 4 is 51.3 Å². The fourth-order valence-corrected chi connectivity index (χ4v) is 4.20. The topological polar surface area (TPSA) is 66.0 Å². The lowest BCUT2D eigenvalue weighted by molar-refractivity contribution is -0.117. The average Bonchev–Trinajstić information content (AvgIpc) is 3.24. The first-order valence-electron chi connectivity index (χ1n) is 8.20. The number of nitrogens with one attached hydrogen (secondary N) is 1. The van der Waals surface area contributed by atoms with E-state index in [9.17, 15) is 10.1 Å². The molecular formula is C19H16BrClN2O2S. The van der Waals surface area contributed by atoms with Crippen molar-refractivity contribution in [3.63, 3.8) is 0 Å². The van der Waals surface area contributed by atoms with E-state index in [0.29, 0.717) is 15.9 Å². The summed E-state index contributed by atoms with van der Waals surface area (Å²) in [6.07, 6.45) is 5.65.